The molecule has 1 fully saturated rings. The van der Waals surface area contributed by atoms with Gasteiger partial charge in [0.15, 0.2) is 0 Å². The molecule has 1 aliphatic carbocycles. The maximum Gasteiger partial charge on any atom is 0.270 e. The van der Waals surface area contributed by atoms with Gasteiger partial charge in [-0.05, 0) is 43.4 Å². The number of nitrogens with zero attached hydrogens (tertiary/aromatic N) is 1. The third-order valence-corrected chi connectivity index (χ3v) is 5.52. The van der Waals surface area contributed by atoms with E-state index >= 15 is 0 Å². The van der Waals surface area contributed by atoms with Gasteiger partial charge in [0.2, 0.25) is 0 Å². The zero-order valence-corrected chi connectivity index (χ0v) is 16.4. The van der Waals surface area contributed by atoms with Gasteiger partial charge in [0.1, 0.15) is 28.9 Å². The first kappa shape index (κ1) is 18.6. The Morgan fingerprint density at radius 1 is 1.29 bits per heavy atom. The van der Waals surface area contributed by atoms with Crippen LogP contribution in [0.4, 0.5) is 4.39 Å². The van der Waals surface area contributed by atoms with Crippen molar-refractivity contribution in [2.75, 3.05) is 6.54 Å². The van der Waals surface area contributed by atoms with Crippen LogP contribution in [0.15, 0.2) is 47.8 Å². The predicted octanol–water partition coefficient (Wildman–Crippen LogP) is 4.98. The Hall–Kier alpha value is -2.73. The third kappa shape index (κ3) is 4.57. The van der Waals surface area contributed by atoms with E-state index in [2.05, 4.69) is 10.3 Å². The van der Waals surface area contributed by atoms with Gasteiger partial charge in [-0.1, -0.05) is 29.8 Å². The minimum atomic E-state index is -0.416. The van der Waals surface area contributed by atoms with Crippen LogP contribution in [0.2, 0.25) is 0 Å². The van der Waals surface area contributed by atoms with Crippen molar-refractivity contribution in [3.63, 3.8) is 0 Å². The lowest BCUT2D eigenvalue weighted by Gasteiger charge is -2.08. The number of carbonyl (C=O) groups excluding carboxylic acids is 1. The molecule has 1 heterocycles. The Balaban J connectivity index is 1.42. The highest BCUT2D eigenvalue weighted by atomic mass is 32.1. The summed E-state index contributed by atoms with van der Waals surface area (Å²) < 4.78 is 20.3. The Kier molecular flexibility index (Phi) is 5.39. The average molecular weight is 396 g/mol. The molecule has 0 radical (unpaired) electrons. The van der Waals surface area contributed by atoms with Crippen LogP contribution < -0.4 is 10.1 Å². The van der Waals surface area contributed by atoms with Crippen molar-refractivity contribution in [2.45, 2.75) is 26.4 Å². The molecule has 28 heavy (non-hydrogen) atoms. The van der Waals surface area contributed by atoms with Gasteiger partial charge in [-0.15, -0.1) is 11.3 Å². The Morgan fingerprint density at radius 3 is 2.89 bits per heavy atom. The van der Waals surface area contributed by atoms with E-state index in [1.54, 1.807) is 17.5 Å². The molecule has 3 aromatic rings. The number of carbonyl (C=O) groups is 1. The second-order valence-electron chi connectivity index (χ2n) is 7.11. The molecule has 0 unspecified atom stereocenters. The molecular weight excluding hydrogens is 375 g/mol. The number of rotatable bonds is 7. The average Bonchev–Trinajstić information content (AvgIpc) is 3.39. The first-order valence-electron chi connectivity index (χ1n) is 9.30. The van der Waals surface area contributed by atoms with Gasteiger partial charge in [0, 0.05) is 23.6 Å². The van der Waals surface area contributed by atoms with Crippen LogP contribution >= 0.6 is 11.3 Å². The van der Waals surface area contributed by atoms with Crippen molar-refractivity contribution in [2.24, 2.45) is 5.92 Å². The maximum absolute atomic E-state index is 14.6. The zero-order chi connectivity index (χ0) is 19.5. The molecule has 0 bridgehead atoms. The molecule has 144 valence electrons. The summed E-state index contributed by atoms with van der Waals surface area (Å²) in [5.74, 6) is 0.447. The number of benzene rings is 2. The van der Waals surface area contributed by atoms with E-state index in [4.69, 9.17) is 4.74 Å². The molecule has 1 saturated carbocycles. The maximum atomic E-state index is 14.6. The molecule has 6 heteroatoms. The van der Waals surface area contributed by atoms with Gasteiger partial charge >= 0.3 is 0 Å². The highest BCUT2D eigenvalue weighted by Crippen LogP contribution is 2.30. The van der Waals surface area contributed by atoms with Gasteiger partial charge in [-0.25, -0.2) is 9.37 Å². The van der Waals surface area contributed by atoms with Gasteiger partial charge in [-0.3, -0.25) is 4.79 Å². The van der Waals surface area contributed by atoms with E-state index in [0.29, 0.717) is 41.1 Å². The predicted molar refractivity (Wildman–Crippen MR) is 108 cm³/mol. The number of hydrogen-bond acceptors (Lipinski definition) is 4. The number of halogens is 1. The monoisotopic (exact) mass is 396 g/mol. The molecule has 4 nitrogen and oxygen atoms in total. The Morgan fingerprint density at radius 2 is 2.14 bits per heavy atom. The molecule has 1 amide bonds. The molecule has 0 spiro atoms. The van der Waals surface area contributed by atoms with Crippen LogP contribution in [-0.2, 0) is 6.61 Å². The molecular formula is C22H21FN2O2S. The number of amides is 1. The molecule has 1 aliphatic rings. The van der Waals surface area contributed by atoms with Crippen LogP contribution in [0.25, 0.3) is 10.6 Å². The summed E-state index contributed by atoms with van der Waals surface area (Å²) in [6.07, 6.45) is 2.35. The van der Waals surface area contributed by atoms with Crippen LogP contribution in [0.5, 0.6) is 5.75 Å². The highest BCUT2D eigenvalue weighted by molar-refractivity contribution is 7.13. The van der Waals surface area contributed by atoms with E-state index in [1.165, 1.54) is 30.2 Å². The molecule has 4 rings (SSSR count). The first-order valence-corrected chi connectivity index (χ1v) is 10.2. The van der Waals surface area contributed by atoms with Crippen LogP contribution in [0.3, 0.4) is 0 Å². The number of ether oxygens (including phenoxy) is 1. The third-order valence-electron chi connectivity index (χ3n) is 4.64. The molecule has 0 aliphatic heterocycles. The molecule has 0 saturated heterocycles. The van der Waals surface area contributed by atoms with Crippen molar-refractivity contribution >= 4 is 17.2 Å². The fraction of sp³-hybridized carbons (Fsp3) is 0.273. The van der Waals surface area contributed by atoms with Crippen molar-refractivity contribution in [1.29, 1.82) is 0 Å². The number of aromatic nitrogens is 1. The Labute approximate surface area is 167 Å². The van der Waals surface area contributed by atoms with Gasteiger partial charge in [0.05, 0.1) is 0 Å². The van der Waals surface area contributed by atoms with E-state index in [-0.39, 0.29) is 5.91 Å². The quantitative estimate of drug-likeness (QED) is 0.613. The second kappa shape index (κ2) is 8.10. The highest BCUT2D eigenvalue weighted by Gasteiger charge is 2.22. The van der Waals surface area contributed by atoms with Crippen molar-refractivity contribution < 1.29 is 13.9 Å². The molecule has 1 aromatic heterocycles. The molecule has 2 aromatic carbocycles. The van der Waals surface area contributed by atoms with Crippen LogP contribution in [0.1, 0.15) is 34.5 Å². The number of nitrogens with one attached hydrogen (secondary N) is 1. The van der Waals surface area contributed by atoms with Gasteiger partial charge in [0.25, 0.3) is 5.91 Å². The topological polar surface area (TPSA) is 51.2 Å². The molecule has 0 atom stereocenters. The first-order chi connectivity index (χ1) is 13.6. The van der Waals surface area contributed by atoms with Crippen molar-refractivity contribution in [1.82, 2.24) is 10.3 Å². The van der Waals surface area contributed by atoms with Crippen molar-refractivity contribution in [3.8, 4) is 16.3 Å². The van der Waals surface area contributed by atoms with E-state index in [9.17, 15) is 9.18 Å². The lowest BCUT2D eigenvalue weighted by molar-refractivity contribution is 0.0947. The van der Waals surface area contributed by atoms with Gasteiger partial charge < -0.3 is 10.1 Å². The van der Waals surface area contributed by atoms with E-state index in [0.717, 1.165) is 11.1 Å². The SMILES string of the molecule is Cc1cccc(COc2ccc(-c3nc(C(=O)NCC4CC4)cs3)c(F)c2)c1. The summed E-state index contributed by atoms with van der Waals surface area (Å²) in [5, 5.41) is 5.03. The number of thiazole rings is 1. The van der Waals surface area contributed by atoms with Crippen molar-refractivity contribution in [3.05, 3.63) is 70.5 Å². The minimum absolute atomic E-state index is 0.201. The standard InChI is InChI=1S/C22H21FN2O2S/c1-14-3-2-4-16(9-14)12-27-17-7-8-18(19(23)10-17)22-25-20(13-28-22)21(26)24-11-15-5-6-15/h2-4,7-10,13,15H,5-6,11-12H2,1H3,(H,24,26). The smallest absolute Gasteiger partial charge is 0.270 e. The summed E-state index contributed by atoms with van der Waals surface area (Å²) in [7, 11) is 0. The largest absolute Gasteiger partial charge is 0.489 e. The lowest BCUT2D eigenvalue weighted by atomic mass is 10.1. The lowest BCUT2D eigenvalue weighted by Crippen LogP contribution is -2.25. The summed E-state index contributed by atoms with van der Waals surface area (Å²) in [6.45, 7) is 3.09. The number of hydrogen-bond donors (Lipinski definition) is 1. The summed E-state index contributed by atoms with van der Waals surface area (Å²) in [6, 6.07) is 12.7. The van der Waals surface area contributed by atoms with Crippen LogP contribution in [-0.4, -0.2) is 17.4 Å². The normalized spacial score (nSPS) is 13.4. The van der Waals surface area contributed by atoms with E-state index < -0.39 is 5.82 Å². The fourth-order valence-corrected chi connectivity index (χ4v) is 3.71. The second-order valence-corrected chi connectivity index (χ2v) is 7.97. The molecule has 1 N–H and O–H groups in total. The Bertz CT molecular complexity index is 998. The summed E-state index contributed by atoms with van der Waals surface area (Å²) >= 11 is 1.26. The minimum Gasteiger partial charge on any atom is -0.489 e. The fourth-order valence-electron chi connectivity index (χ4n) is 2.88. The summed E-state index contributed by atoms with van der Waals surface area (Å²) in [5.41, 5.74) is 2.89. The van der Waals surface area contributed by atoms with Crippen LogP contribution in [0, 0.1) is 18.7 Å². The van der Waals surface area contributed by atoms with Gasteiger partial charge in [-0.2, -0.15) is 0 Å². The number of aryl methyl sites for hydroxylation is 1. The van der Waals surface area contributed by atoms with E-state index in [1.807, 2.05) is 31.2 Å². The zero-order valence-electron chi connectivity index (χ0n) is 15.6. The summed E-state index contributed by atoms with van der Waals surface area (Å²) in [4.78, 5) is 16.4.